The molecule has 0 unspecified atom stereocenters. The number of hydrazine groups is 1. The Hall–Kier alpha value is -2.76. The van der Waals surface area contributed by atoms with Gasteiger partial charge in [-0.1, -0.05) is 17.7 Å². The summed E-state index contributed by atoms with van der Waals surface area (Å²) in [7, 11) is -4.04. The van der Waals surface area contributed by atoms with Crippen LogP contribution in [0.1, 0.15) is 5.56 Å². The van der Waals surface area contributed by atoms with Gasteiger partial charge < -0.3 is 5.32 Å². The lowest BCUT2D eigenvalue weighted by atomic mass is 10.2. The second-order valence-electron chi connectivity index (χ2n) is 5.05. The summed E-state index contributed by atoms with van der Waals surface area (Å²) in [6.07, 6.45) is 0. The van der Waals surface area contributed by atoms with E-state index in [1.165, 1.54) is 6.07 Å². The number of nitro groups is 1. The van der Waals surface area contributed by atoms with Gasteiger partial charge in [-0.05, 0) is 43.4 Å². The van der Waals surface area contributed by atoms with Gasteiger partial charge in [0.1, 0.15) is 5.69 Å². The Labute approximate surface area is 149 Å². The van der Waals surface area contributed by atoms with E-state index in [9.17, 15) is 18.5 Å². The number of thiocarbonyl (C=S) groups is 1. The average Bonchev–Trinajstić information content (AvgIpc) is 2.54. The largest absolute Gasteiger partial charge is 0.331 e. The zero-order chi connectivity index (χ0) is 18.6. The molecule has 2 rings (SSSR count). The molecule has 0 aliphatic carbocycles. The first kappa shape index (κ1) is 18.6. The highest BCUT2D eigenvalue weighted by Gasteiger charge is 2.19. The molecule has 0 aromatic heterocycles. The third-order valence-electron chi connectivity index (χ3n) is 3.11. The van der Waals surface area contributed by atoms with Crippen LogP contribution in [0.5, 0.6) is 0 Å². The monoisotopic (exact) mass is 381 g/mol. The van der Waals surface area contributed by atoms with Crippen molar-refractivity contribution < 1.29 is 13.3 Å². The molecule has 9 nitrogen and oxygen atoms in total. The molecule has 0 aliphatic heterocycles. The maximum Gasteiger partial charge on any atom is 0.295 e. The molecule has 2 aromatic rings. The predicted octanol–water partition coefficient (Wildman–Crippen LogP) is 1.86. The van der Waals surface area contributed by atoms with E-state index in [1.807, 2.05) is 31.2 Å². The molecule has 0 fully saturated rings. The molecule has 0 saturated carbocycles. The molecule has 0 bridgehead atoms. The molecule has 0 atom stereocenters. The zero-order valence-corrected chi connectivity index (χ0v) is 14.6. The molecule has 0 aliphatic rings. The van der Waals surface area contributed by atoms with E-state index in [4.69, 9.17) is 17.4 Å². The van der Waals surface area contributed by atoms with E-state index >= 15 is 0 Å². The molecule has 5 N–H and O–H groups in total. The van der Waals surface area contributed by atoms with Gasteiger partial charge in [-0.25, -0.2) is 13.6 Å². The zero-order valence-electron chi connectivity index (χ0n) is 13.0. The van der Waals surface area contributed by atoms with Crippen molar-refractivity contribution in [3.8, 4) is 0 Å². The van der Waals surface area contributed by atoms with Crippen molar-refractivity contribution >= 4 is 44.4 Å². The van der Waals surface area contributed by atoms with Gasteiger partial charge in [-0.2, -0.15) is 0 Å². The van der Waals surface area contributed by atoms with Crippen LogP contribution >= 0.6 is 12.2 Å². The van der Waals surface area contributed by atoms with Gasteiger partial charge in [-0.15, -0.1) is 0 Å². The van der Waals surface area contributed by atoms with Gasteiger partial charge in [0.25, 0.3) is 5.69 Å². The van der Waals surface area contributed by atoms with Crippen LogP contribution < -0.4 is 21.3 Å². The normalized spacial score (nSPS) is 10.8. The Morgan fingerprint density at radius 1 is 1.20 bits per heavy atom. The lowest BCUT2D eigenvalue weighted by Crippen LogP contribution is -2.33. The van der Waals surface area contributed by atoms with Crippen LogP contribution in [-0.2, 0) is 10.0 Å². The maximum absolute atomic E-state index is 11.3. The number of nitrogens with one attached hydrogen (secondary N) is 3. The highest BCUT2D eigenvalue weighted by Crippen LogP contribution is 2.26. The molecular weight excluding hydrogens is 366 g/mol. The van der Waals surface area contributed by atoms with Gasteiger partial charge in [0.15, 0.2) is 5.11 Å². The van der Waals surface area contributed by atoms with Crippen molar-refractivity contribution in [1.29, 1.82) is 0 Å². The average molecular weight is 381 g/mol. The number of sulfonamides is 1. The van der Waals surface area contributed by atoms with Gasteiger partial charge in [-0.3, -0.25) is 21.0 Å². The Morgan fingerprint density at radius 2 is 1.84 bits per heavy atom. The fourth-order valence-electron chi connectivity index (χ4n) is 1.87. The van der Waals surface area contributed by atoms with E-state index in [2.05, 4.69) is 16.2 Å². The minimum Gasteiger partial charge on any atom is -0.331 e. The number of anilines is 2. The maximum atomic E-state index is 11.3. The predicted molar refractivity (Wildman–Crippen MR) is 98.6 cm³/mol. The SMILES string of the molecule is Cc1ccc(NC(=S)NNc2ccc(S(N)(=O)=O)cc2[N+](=O)[O-])cc1. The number of nitro benzene ring substituents is 1. The van der Waals surface area contributed by atoms with Crippen LogP contribution in [0.25, 0.3) is 0 Å². The lowest BCUT2D eigenvalue weighted by molar-refractivity contribution is -0.384. The Bertz CT molecular complexity index is 913. The summed E-state index contributed by atoms with van der Waals surface area (Å²) < 4.78 is 22.6. The number of rotatable bonds is 5. The minimum absolute atomic E-state index is 0.0328. The van der Waals surface area contributed by atoms with Crippen molar-refractivity contribution in [2.75, 3.05) is 10.7 Å². The number of benzene rings is 2. The Kier molecular flexibility index (Phi) is 5.51. The van der Waals surface area contributed by atoms with E-state index in [0.717, 1.165) is 23.4 Å². The lowest BCUT2D eigenvalue weighted by Gasteiger charge is -2.13. The summed E-state index contributed by atoms with van der Waals surface area (Å²) in [6, 6.07) is 10.7. The van der Waals surface area contributed by atoms with Crippen molar-refractivity contribution in [2.45, 2.75) is 11.8 Å². The summed E-state index contributed by atoms with van der Waals surface area (Å²) in [5.41, 5.74) is 6.58. The van der Waals surface area contributed by atoms with Gasteiger partial charge in [0.2, 0.25) is 10.0 Å². The third-order valence-corrected chi connectivity index (χ3v) is 4.23. The molecule has 0 radical (unpaired) electrons. The number of hydrogen-bond donors (Lipinski definition) is 4. The van der Waals surface area contributed by atoms with Gasteiger partial charge in [0, 0.05) is 11.8 Å². The molecule has 11 heteroatoms. The number of primary sulfonamides is 1. The summed E-state index contributed by atoms with van der Waals surface area (Å²) in [4.78, 5) is 10.0. The van der Waals surface area contributed by atoms with Crippen molar-refractivity contribution in [3.63, 3.8) is 0 Å². The molecule has 132 valence electrons. The molecule has 0 spiro atoms. The summed E-state index contributed by atoms with van der Waals surface area (Å²) in [6.45, 7) is 1.95. The summed E-state index contributed by atoms with van der Waals surface area (Å²) in [5, 5.41) is 19.2. The van der Waals surface area contributed by atoms with Crippen molar-refractivity contribution in [1.82, 2.24) is 5.43 Å². The van der Waals surface area contributed by atoms with E-state index in [-0.39, 0.29) is 15.7 Å². The Balaban J connectivity index is 2.10. The Morgan fingerprint density at radius 3 is 2.40 bits per heavy atom. The number of nitrogens with zero attached hydrogens (tertiary/aromatic N) is 1. The van der Waals surface area contributed by atoms with Crippen LogP contribution in [0.15, 0.2) is 47.4 Å². The number of hydrogen-bond acceptors (Lipinski definition) is 6. The second-order valence-corrected chi connectivity index (χ2v) is 7.02. The molecule has 0 saturated heterocycles. The van der Waals surface area contributed by atoms with Crippen LogP contribution in [-0.4, -0.2) is 18.5 Å². The number of nitrogens with two attached hydrogens (primary N) is 1. The fourth-order valence-corrected chi connectivity index (χ4v) is 2.57. The van der Waals surface area contributed by atoms with Crippen molar-refractivity contribution in [2.24, 2.45) is 5.14 Å². The highest BCUT2D eigenvalue weighted by molar-refractivity contribution is 7.89. The molecule has 0 amide bonds. The molecule has 25 heavy (non-hydrogen) atoms. The topological polar surface area (TPSA) is 139 Å². The van der Waals surface area contributed by atoms with E-state index in [1.54, 1.807) is 0 Å². The standard InChI is InChI=1S/C14H15N5O4S2/c1-9-2-4-10(5-3-9)16-14(24)18-17-12-7-6-11(25(15,22)23)8-13(12)19(20)21/h2-8,17H,1H3,(H2,15,22,23)(H2,16,18,24). The fraction of sp³-hybridized carbons (Fsp3) is 0.0714. The second kappa shape index (κ2) is 7.42. The first-order valence-corrected chi connectivity index (χ1v) is 8.83. The van der Waals surface area contributed by atoms with Gasteiger partial charge >= 0.3 is 0 Å². The molecular formula is C14H15N5O4S2. The first-order valence-electron chi connectivity index (χ1n) is 6.88. The first-order chi connectivity index (χ1) is 11.7. The number of aryl methyl sites for hydroxylation is 1. The van der Waals surface area contributed by atoms with Crippen LogP contribution in [0.2, 0.25) is 0 Å². The summed E-state index contributed by atoms with van der Waals surface area (Å²) in [5.74, 6) is 0. The van der Waals surface area contributed by atoms with Gasteiger partial charge in [0.05, 0.1) is 9.82 Å². The smallest absolute Gasteiger partial charge is 0.295 e. The minimum atomic E-state index is -4.04. The van der Waals surface area contributed by atoms with E-state index < -0.39 is 20.6 Å². The van der Waals surface area contributed by atoms with Crippen LogP contribution in [0.4, 0.5) is 17.1 Å². The quantitative estimate of drug-likeness (QED) is 0.350. The highest BCUT2D eigenvalue weighted by atomic mass is 32.2. The molecule has 0 heterocycles. The van der Waals surface area contributed by atoms with Crippen LogP contribution in [0, 0.1) is 17.0 Å². The molecule has 2 aromatic carbocycles. The van der Waals surface area contributed by atoms with E-state index in [0.29, 0.717) is 0 Å². The van der Waals surface area contributed by atoms with Crippen LogP contribution in [0.3, 0.4) is 0 Å². The summed E-state index contributed by atoms with van der Waals surface area (Å²) >= 11 is 5.09. The van der Waals surface area contributed by atoms with Crippen molar-refractivity contribution in [3.05, 3.63) is 58.1 Å². The third kappa shape index (κ3) is 5.11.